The molecular weight excluding hydrogens is 242 g/mol. The standard InChI is InChI=1S/C15H21NO3/c1-5-12(17)13(11-9-7-6-8-10-11)16-14(18)19-15(2,3)4/h5-10,12-13,17H,1H2,2-4H3,(H,16,18)/t12-,13-/m1/s1. The van der Waals surface area contributed by atoms with Crippen LogP contribution >= 0.6 is 0 Å². The SMILES string of the molecule is C=C[C@@H](O)[C@H](NC(=O)OC(C)(C)C)c1ccccc1. The predicted molar refractivity (Wildman–Crippen MR) is 74.8 cm³/mol. The lowest BCUT2D eigenvalue weighted by Crippen LogP contribution is -2.39. The molecule has 4 heteroatoms. The van der Waals surface area contributed by atoms with Crippen LogP contribution < -0.4 is 5.32 Å². The van der Waals surface area contributed by atoms with Gasteiger partial charge in [-0.3, -0.25) is 0 Å². The molecule has 104 valence electrons. The number of rotatable bonds is 4. The van der Waals surface area contributed by atoms with E-state index in [2.05, 4.69) is 11.9 Å². The van der Waals surface area contributed by atoms with Crippen molar-refractivity contribution in [3.05, 3.63) is 48.6 Å². The minimum Gasteiger partial charge on any atom is -0.444 e. The van der Waals surface area contributed by atoms with Gasteiger partial charge in [0.25, 0.3) is 0 Å². The van der Waals surface area contributed by atoms with Crippen molar-refractivity contribution in [2.45, 2.75) is 38.5 Å². The summed E-state index contributed by atoms with van der Waals surface area (Å²) in [5, 5.41) is 12.6. The highest BCUT2D eigenvalue weighted by molar-refractivity contribution is 5.68. The number of nitrogens with one attached hydrogen (secondary N) is 1. The molecule has 0 spiro atoms. The van der Waals surface area contributed by atoms with Crippen molar-refractivity contribution >= 4 is 6.09 Å². The van der Waals surface area contributed by atoms with Crippen LogP contribution in [0.4, 0.5) is 4.79 Å². The molecule has 0 heterocycles. The summed E-state index contributed by atoms with van der Waals surface area (Å²) in [6, 6.07) is 8.63. The van der Waals surface area contributed by atoms with Gasteiger partial charge in [0, 0.05) is 0 Å². The second kappa shape index (κ2) is 6.38. The Labute approximate surface area is 114 Å². The fourth-order valence-corrected chi connectivity index (χ4v) is 1.60. The van der Waals surface area contributed by atoms with Crippen molar-refractivity contribution in [1.29, 1.82) is 0 Å². The zero-order chi connectivity index (χ0) is 14.5. The Balaban J connectivity index is 2.82. The second-order valence-electron chi connectivity index (χ2n) is 5.26. The summed E-state index contributed by atoms with van der Waals surface area (Å²) in [6.07, 6.45) is -0.0631. The fourth-order valence-electron chi connectivity index (χ4n) is 1.60. The Morgan fingerprint density at radius 3 is 2.42 bits per heavy atom. The molecule has 1 aromatic rings. The largest absolute Gasteiger partial charge is 0.444 e. The van der Waals surface area contributed by atoms with Crippen LogP contribution in [0, 0.1) is 0 Å². The smallest absolute Gasteiger partial charge is 0.408 e. The molecule has 0 aromatic heterocycles. The first-order valence-corrected chi connectivity index (χ1v) is 6.18. The first kappa shape index (κ1) is 15.2. The van der Waals surface area contributed by atoms with Crippen molar-refractivity contribution in [2.75, 3.05) is 0 Å². The van der Waals surface area contributed by atoms with Crippen LogP contribution in [0.1, 0.15) is 32.4 Å². The summed E-state index contributed by atoms with van der Waals surface area (Å²) < 4.78 is 5.19. The van der Waals surface area contributed by atoms with Crippen LogP contribution in [-0.2, 0) is 4.74 Å². The lowest BCUT2D eigenvalue weighted by molar-refractivity contribution is 0.0454. The van der Waals surface area contributed by atoms with E-state index in [0.717, 1.165) is 5.56 Å². The van der Waals surface area contributed by atoms with Crippen LogP contribution in [-0.4, -0.2) is 22.9 Å². The van der Waals surface area contributed by atoms with Gasteiger partial charge in [-0.2, -0.15) is 0 Å². The van der Waals surface area contributed by atoms with Gasteiger partial charge in [-0.25, -0.2) is 4.79 Å². The molecule has 0 bridgehead atoms. The van der Waals surface area contributed by atoms with E-state index in [1.54, 1.807) is 20.8 Å². The van der Waals surface area contributed by atoms with E-state index in [9.17, 15) is 9.90 Å². The van der Waals surface area contributed by atoms with E-state index in [1.165, 1.54) is 6.08 Å². The molecule has 1 amide bonds. The number of carbonyl (C=O) groups is 1. The normalized spacial score (nSPS) is 14.3. The number of amides is 1. The number of aliphatic hydroxyl groups is 1. The molecule has 4 nitrogen and oxygen atoms in total. The van der Waals surface area contributed by atoms with Gasteiger partial charge in [0.05, 0.1) is 12.1 Å². The molecule has 0 saturated carbocycles. The van der Waals surface area contributed by atoms with Crippen LogP contribution in [0.15, 0.2) is 43.0 Å². The Bertz CT molecular complexity index is 423. The lowest BCUT2D eigenvalue weighted by atomic mass is 10.0. The summed E-state index contributed by atoms with van der Waals surface area (Å²) in [5.74, 6) is 0. The highest BCUT2D eigenvalue weighted by Gasteiger charge is 2.24. The van der Waals surface area contributed by atoms with Crippen molar-refractivity contribution in [2.24, 2.45) is 0 Å². The zero-order valence-corrected chi connectivity index (χ0v) is 11.6. The quantitative estimate of drug-likeness (QED) is 0.821. The first-order valence-electron chi connectivity index (χ1n) is 6.18. The van der Waals surface area contributed by atoms with Gasteiger partial charge in [0.1, 0.15) is 5.60 Å². The number of hydrogen-bond acceptors (Lipinski definition) is 3. The molecule has 0 fully saturated rings. The Hall–Kier alpha value is -1.81. The van der Waals surface area contributed by atoms with Crippen LogP contribution in [0.5, 0.6) is 0 Å². The molecule has 1 rings (SSSR count). The van der Waals surface area contributed by atoms with E-state index in [-0.39, 0.29) is 0 Å². The first-order chi connectivity index (χ1) is 8.83. The molecule has 1 aromatic carbocycles. The van der Waals surface area contributed by atoms with Crippen molar-refractivity contribution in [1.82, 2.24) is 5.32 Å². The molecule has 0 aliphatic heterocycles. The minimum atomic E-state index is -0.880. The van der Waals surface area contributed by atoms with E-state index in [4.69, 9.17) is 4.74 Å². The van der Waals surface area contributed by atoms with Gasteiger partial charge >= 0.3 is 6.09 Å². The number of hydrogen-bond donors (Lipinski definition) is 2. The van der Waals surface area contributed by atoms with Crippen LogP contribution in [0.2, 0.25) is 0 Å². The molecule has 0 saturated heterocycles. The lowest BCUT2D eigenvalue weighted by Gasteiger charge is -2.25. The van der Waals surface area contributed by atoms with Crippen LogP contribution in [0.25, 0.3) is 0 Å². The molecule has 2 N–H and O–H groups in total. The van der Waals surface area contributed by atoms with E-state index < -0.39 is 23.8 Å². The molecule has 0 unspecified atom stereocenters. The molecule has 19 heavy (non-hydrogen) atoms. The second-order valence-corrected chi connectivity index (χ2v) is 5.26. The number of carbonyl (C=O) groups excluding carboxylic acids is 1. The van der Waals surface area contributed by atoms with Crippen molar-refractivity contribution in [3.63, 3.8) is 0 Å². The molecule has 0 radical (unpaired) electrons. The Morgan fingerprint density at radius 2 is 1.95 bits per heavy atom. The van der Waals surface area contributed by atoms with Crippen molar-refractivity contribution < 1.29 is 14.6 Å². The maximum absolute atomic E-state index is 11.8. The summed E-state index contributed by atoms with van der Waals surface area (Å²) in [5.41, 5.74) is 0.213. The third-order valence-electron chi connectivity index (χ3n) is 2.41. The monoisotopic (exact) mass is 263 g/mol. The fraction of sp³-hybridized carbons (Fsp3) is 0.400. The van der Waals surface area contributed by atoms with E-state index >= 15 is 0 Å². The number of ether oxygens (including phenoxy) is 1. The van der Waals surface area contributed by atoms with Gasteiger partial charge in [0.2, 0.25) is 0 Å². The van der Waals surface area contributed by atoms with Gasteiger partial charge in [-0.1, -0.05) is 36.4 Å². The molecular formula is C15H21NO3. The topological polar surface area (TPSA) is 58.6 Å². The maximum atomic E-state index is 11.8. The number of benzene rings is 1. The third kappa shape index (κ3) is 5.14. The highest BCUT2D eigenvalue weighted by Crippen LogP contribution is 2.18. The minimum absolute atomic E-state index is 0.567. The molecule has 0 aliphatic rings. The van der Waals surface area contributed by atoms with Gasteiger partial charge in [-0.05, 0) is 26.3 Å². The van der Waals surface area contributed by atoms with Gasteiger partial charge in [0.15, 0.2) is 0 Å². The predicted octanol–water partition coefficient (Wildman–Crippen LogP) is 2.80. The molecule has 2 atom stereocenters. The van der Waals surface area contributed by atoms with Crippen LogP contribution in [0.3, 0.4) is 0 Å². The number of alkyl carbamates (subject to hydrolysis) is 1. The summed E-state index contributed by atoms with van der Waals surface area (Å²) in [4.78, 5) is 11.8. The average molecular weight is 263 g/mol. The summed E-state index contributed by atoms with van der Waals surface area (Å²) in [6.45, 7) is 8.90. The Kier molecular flexibility index (Phi) is 5.12. The Morgan fingerprint density at radius 1 is 1.37 bits per heavy atom. The average Bonchev–Trinajstić information content (AvgIpc) is 2.34. The van der Waals surface area contributed by atoms with Crippen molar-refractivity contribution in [3.8, 4) is 0 Å². The van der Waals surface area contributed by atoms with E-state index in [0.29, 0.717) is 0 Å². The summed E-state index contributed by atoms with van der Waals surface area (Å²) >= 11 is 0. The van der Waals surface area contributed by atoms with Gasteiger partial charge < -0.3 is 15.2 Å². The highest BCUT2D eigenvalue weighted by atomic mass is 16.6. The number of aliphatic hydroxyl groups excluding tert-OH is 1. The van der Waals surface area contributed by atoms with E-state index in [1.807, 2.05) is 30.3 Å². The zero-order valence-electron chi connectivity index (χ0n) is 11.6. The molecule has 0 aliphatic carbocycles. The third-order valence-corrected chi connectivity index (χ3v) is 2.41. The van der Waals surface area contributed by atoms with Gasteiger partial charge in [-0.15, -0.1) is 6.58 Å². The maximum Gasteiger partial charge on any atom is 0.408 e. The summed E-state index contributed by atoms with van der Waals surface area (Å²) in [7, 11) is 0.